The molecule has 0 spiro atoms. The Labute approximate surface area is 109 Å². The molecule has 0 radical (unpaired) electrons. The zero-order chi connectivity index (χ0) is 12.8. The van der Waals surface area contributed by atoms with Crippen LogP contribution in [0.1, 0.15) is 37.7 Å². The Hall–Kier alpha value is -0.835. The average molecular weight is 248 g/mol. The highest BCUT2D eigenvalue weighted by Crippen LogP contribution is 2.23. The zero-order valence-corrected chi connectivity index (χ0v) is 10.7. The van der Waals surface area contributed by atoms with Crippen LogP contribution in [-0.2, 0) is 11.3 Å². The lowest BCUT2D eigenvalue weighted by Crippen LogP contribution is -2.29. The topological polar surface area (TPSA) is 49.7 Å². The molecule has 0 bridgehead atoms. The van der Waals surface area contributed by atoms with E-state index >= 15 is 0 Å². The summed E-state index contributed by atoms with van der Waals surface area (Å²) in [6, 6.07) is 7.27. The molecule has 0 aromatic heterocycles. The number of rotatable bonds is 5. The van der Waals surface area contributed by atoms with Gasteiger partial charge in [0.1, 0.15) is 0 Å². The lowest BCUT2D eigenvalue weighted by atomic mass is 9.80. The Morgan fingerprint density at radius 1 is 1.17 bits per heavy atom. The van der Waals surface area contributed by atoms with Gasteiger partial charge in [-0.1, -0.05) is 43.5 Å². The van der Waals surface area contributed by atoms with Gasteiger partial charge in [-0.25, -0.2) is 0 Å². The van der Waals surface area contributed by atoms with Gasteiger partial charge < -0.3 is 14.8 Å². The van der Waals surface area contributed by atoms with E-state index in [1.807, 2.05) is 12.1 Å². The first-order valence-electron chi connectivity index (χ1n) is 6.78. The standard InChI is InChI=1S/C14H21BO3/c16-15(17)14-8-4-7-13(9-14)11-18-10-12-5-2-1-3-6-12/h4,7-9,12,16-17H,1-3,5-6,10-11H2. The molecule has 4 heteroatoms. The molecule has 0 heterocycles. The summed E-state index contributed by atoms with van der Waals surface area (Å²) in [5.41, 5.74) is 1.52. The van der Waals surface area contributed by atoms with E-state index in [2.05, 4.69) is 0 Å². The predicted molar refractivity (Wildman–Crippen MR) is 72.5 cm³/mol. The van der Waals surface area contributed by atoms with Gasteiger partial charge in [0.25, 0.3) is 0 Å². The molecule has 1 aromatic rings. The van der Waals surface area contributed by atoms with Gasteiger partial charge in [0.2, 0.25) is 0 Å². The molecular weight excluding hydrogens is 227 g/mol. The second-order valence-corrected chi connectivity index (χ2v) is 5.14. The van der Waals surface area contributed by atoms with Crippen LogP contribution < -0.4 is 5.46 Å². The minimum absolute atomic E-state index is 0.522. The summed E-state index contributed by atoms with van der Waals surface area (Å²) in [6.07, 6.45) is 6.61. The molecule has 0 aliphatic heterocycles. The van der Waals surface area contributed by atoms with Crippen molar-refractivity contribution in [3.8, 4) is 0 Å². The van der Waals surface area contributed by atoms with Crippen molar-refractivity contribution in [1.29, 1.82) is 0 Å². The minimum atomic E-state index is -1.40. The van der Waals surface area contributed by atoms with E-state index in [1.165, 1.54) is 32.1 Å². The smallest absolute Gasteiger partial charge is 0.423 e. The van der Waals surface area contributed by atoms with Gasteiger partial charge >= 0.3 is 7.12 Å². The van der Waals surface area contributed by atoms with Gasteiger partial charge in [0.15, 0.2) is 0 Å². The number of hydrogen-bond donors (Lipinski definition) is 2. The second-order valence-electron chi connectivity index (χ2n) is 5.14. The first-order valence-corrected chi connectivity index (χ1v) is 6.78. The SMILES string of the molecule is OB(O)c1cccc(COCC2CCCCC2)c1. The Kier molecular flexibility index (Phi) is 5.23. The zero-order valence-electron chi connectivity index (χ0n) is 10.7. The highest BCUT2D eigenvalue weighted by atomic mass is 16.5. The maximum absolute atomic E-state index is 9.09. The van der Waals surface area contributed by atoms with Crippen LogP contribution in [0.3, 0.4) is 0 Å². The molecule has 0 atom stereocenters. The Morgan fingerprint density at radius 2 is 1.94 bits per heavy atom. The lowest BCUT2D eigenvalue weighted by molar-refractivity contribution is 0.0739. The van der Waals surface area contributed by atoms with Crippen molar-refractivity contribution in [2.24, 2.45) is 5.92 Å². The molecule has 2 N–H and O–H groups in total. The third kappa shape index (κ3) is 4.12. The summed E-state index contributed by atoms with van der Waals surface area (Å²) >= 11 is 0. The van der Waals surface area contributed by atoms with Crippen LogP contribution in [0.15, 0.2) is 24.3 Å². The van der Waals surface area contributed by atoms with Gasteiger partial charge in [0, 0.05) is 6.61 Å². The Bertz CT molecular complexity index is 362. The van der Waals surface area contributed by atoms with Crippen LogP contribution in [0.5, 0.6) is 0 Å². The maximum atomic E-state index is 9.09. The largest absolute Gasteiger partial charge is 0.488 e. The van der Waals surface area contributed by atoms with Crippen LogP contribution in [-0.4, -0.2) is 23.8 Å². The molecule has 0 unspecified atom stereocenters. The van der Waals surface area contributed by atoms with Crippen molar-refractivity contribution >= 4 is 12.6 Å². The van der Waals surface area contributed by atoms with E-state index in [0.29, 0.717) is 18.0 Å². The fourth-order valence-electron chi connectivity index (χ4n) is 2.54. The van der Waals surface area contributed by atoms with Crippen LogP contribution in [0.25, 0.3) is 0 Å². The third-order valence-corrected chi connectivity index (χ3v) is 3.60. The van der Waals surface area contributed by atoms with Crippen molar-refractivity contribution in [3.05, 3.63) is 29.8 Å². The van der Waals surface area contributed by atoms with Gasteiger partial charge in [-0.2, -0.15) is 0 Å². The highest BCUT2D eigenvalue weighted by Gasteiger charge is 2.14. The molecule has 0 saturated heterocycles. The molecule has 3 nitrogen and oxygen atoms in total. The van der Waals surface area contributed by atoms with Crippen molar-refractivity contribution in [3.63, 3.8) is 0 Å². The minimum Gasteiger partial charge on any atom is -0.423 e. The van der Waals surface area contributed by atoms with E-state index in [9.17, 15) is 0 Å². The van der Waals surface area contributed by atoms with Crippen molar-refractivity contribution < 1.29 is 14.8 Å². The maximum Gasteiger partial charge on any atom is 0.488 e. The predicted octanol–water partition coefficient (Wildman–Crippen LogP) is 1.46. The van der Waals surface area contributed by atoms with Crippen LogP contribution >= 0.6 is 0 Å². The normalized spacial score (nSPS) is 16.8. The number of benzene rings is 1. The molecule has 1 aliphatic rings. The van der Waals surface area contributed by atoms with E-state index in [1.54, 1.807) is 12.1 Å². The summed E-state index contributed by atoms with van der Waals surface area (Å²) in [5, 5.41) is 18.2. The average Bonchev–Trinajstić information content (AvgIpc) is 2.40. The number of hydrogen-bond acceptors (Lipinski definition) is 3. The summed E-state index contributed by atoms with van der Waals surface area (Å²) in [6.45, 7) is 1.38. The number of ether oxygens (including phenoxy) is 1. The molecule has 0 amide bonds. The summed E-state index contributed by atoms with van der Waals surface area (Å²) in [4.78, 5) is 0. The molecule has 1 saturated carbocycles. The fraction of sp³-hybridized carbons (Fsp3) is 0.571. The lowest BCUT2D eigenvalue weighted by Gasteiger charge is -2.21. The van der Waals surface area contributed by atoms with Crippen LogP contribution in [0, 0.1) is 5.92 Å². The summed E-state index contributed by atoms with van der Waals surface area (Å²) in [7, 11) is -1.40. The molecule has 2 rings (SSSR count). The highest BCUT2D eigenvalue weighted by molar-refractivity contribution is 6.58. The van der Waals surface area contributed by atoms with E-state index in [4.69, 9.17) is 14.8 Å². The van der Waals surface area contributed by atoms with Crippen molar-refractivity contribution in [2.45, 2.75) is 38.7 Å². The Morgan fingerprint density at radius 3 is 2.67 bits per heavy atom. The monoisotopic (exact) mass is 248 g/mol. The molecule has 1 aromatic carbocycles. The Balaban J connectivity index is 1.77. The van der Waals surface area contributed by atoms with Crippen LogP contribution in [0.2, 0.25) is 0 Å². The summed E-state index contributed by atoms with van der Waals surface area (Å²) < 4.78 is 5.73. The quantitative estimate of drug-likeness (QED) is 0.775. The molecule has 98 valence electrons. The molecule has 1 aliphatic carbocycles. The molecule has 18 heavy (non-hydrogen) atoms. The van der Waals surface area contributed by atoms with Crippen LogP contribution in [0.4, 0.5) is 0 Å². The van der Waals surface area contributed by atoms with Crippen molar-refractivity contribution in [1.82, 2.24) is 0 Å². The molecular formula is C14H21BO3. The van der Waals surface area contributed by atoms with Gasteiger partial charge in [-0.3, -0.25) is 0 Å². The van der Waals surface area contributed by atoms with Gasteiger partial charge in [-0.15, -0.1) is 0 Å². The first kappa shape index (κ1) is 13.6. The van der Waals surface area contributed by atoms with Gasteiger partial charge in [0.05, 0.1) is 6.61 Å². The summed E-state index contributed by atoms with van der Waals surface area (Å²) in [5.74, 6) is 0.713. The third-order valence-electron chi connectivity index (χ3n) is 3.60. The van der Waals surface area contributed by atoms with E-state index in [-0.39, 0.29) is 0 Å². The van der Waals surface area contributed by atoms with Crippen molar-refractivity contribution in [2.75, 3.05) is 6.61 Å². The van der Waals surface area contributed by atoms with E-state index in [0.717, 1.165) is 12.2 Å². The molecule has 1 fully saturated rings. The fourth-order valence-corrected chi connectivity index (χ4v) is 2.54. The first-order chi connectivity index (χ1) is 8.75. The second kappa shape index (κ2) is 6.93. The van der Waals surface area contributed by atoms with E-state index < -0.39 is 7.12 Å². The van der Waals surface area contributed by atoms with Gasteiger partial charge in [-0.05, 0) is 29.8 Å².